The molecule has 0 amide bonds. The van der Waals surface area contributed by atoms with Gasteiger partial charge in [0.05, 0.1) is 11.1 Å². The lowest BCUT2D eigenvalue weighted by Crippen LogP contribution is -2.60. The highest BCUT2D eigenvalue weighted by Gasteiger charge is 2.46. The van der Waals surface area contributed by atoms with Crippen molar-refractivity contribution in [3.63, 3.8) is 0 Å². The molecule has 0 unspecified atom stereocenters. The Kier molecular flexibility index (Phi) is 2.49. The Morgan fingerprint density at radius 1 is 1.23 bits per heavy atom. The van der Waals surface area contributed by atoms with Crippen LogP contribution >= 0.6 is 0 Å². The quantitative estimate of drug-likeness (QED) is 0.500. The first-order valence-electron chi connectivity index (χ1n) is 4.43. The molecule has 1 saturated heterocycles. The van der Waals surface area contributed by atoms with Crippen LogP contribution < -0.4 is 0 Å². The molecule has 0 spiro atoms. The summed E-state index contributed by atoms with van der Waals surface area (Å²) in [7, 11) is 0. The van der Waals surface area contributed by atoms with Crippen LogP contribution in [0.4, 0.5) is 0 Å². The van der Waals surface area contributed by atoms with Crippen molar-refractivity contribution in [2.45, 2.75) is 51.6 Å². The van der Waals surface area contributed by atoms with Crippen LogP contribution in [0.25, 0.3) is 0 Å². The summed E-state index contributed by atoms with van der Waals surface area (Å²) in [6.45, 7) is 7.51. The van der Waals surface area contributed by atoms with Gasteiger partial charge >= 0.3 is 0 Å². The number of carbonyl (C=O) groups is 1. The van der Waals surface area contributed by atoms with Crippen molar-refractivity contribution in [1.82, 2.24) is 5.06 Å². The summed E-state index contributed by atoms with van der Waals surface area (Å²) in [6.07, 6.45) is 0.827. The number of hydrogen-bond acceptors (Lipinski definition) is 4. The summed E-state index contributed by atoms with van der Waals surface area (Å²) < 4.78 is 0. The van der Waals surface area contributed by atoms with Crippen LogP contribution in [0, 0.1) is 0 Å². The smallest absolute Gasteiger partial charge is 0.136 e. The fourth-order valence-electron chi connectivity index (χ4n) is 2.21. The van der Waals surface area contributed by atoms with E-state index in [1.54, 1.807) is 0 Å². The van der Waals surface area contributed by atoms with Crippen LogP contribution in [-0.2, 0) is 9.78 Å². The standard InChI is InChI=1S/C9H17NO3/c1-8(2)5-7(11)6-9(3,4)10(8)13-12/h12H,5-6H2,1-4H3. The summed E-state index contributed by atoms with van der Waals surface area (Å²) >= 11 is 0. The van der Waals surface area contributed by atoms with Crippen LogP contribution in [0.1, 0.15) is 40.5 Å². The van der Waals surface area contributed by atoms with E-state index in [-0.39, 0.29) is 5.78 Å². The first kappa shape index (κ1) is 10.6. The van der Waals surface area contributed by atoms with Crippen molar-refractivity contribution in [3.05, 3.63) is 0 Å². The molecule has 4 heteroatoms. The van der Waals surface area contributed by atoms with Gasteiger partial charge in [0, 0.05) is 12.8 Å². The maximum Gasteiger partial charge on any atom is 0.136 e. The van der Waals surface area contributed by atoms with E-state index in [0.717, 1.165) is 0 Å². The highest BCUT2D eigenvalue weighted by Crippen LogP contribution is 2.35. The highest BCUT2D eigenvalue weighted by molar-refractivity contribution is 5.81. The van der Waals surface area contributed by atoms with Crippen molar-refractivity contribution in [2.75, 3.05) is 0 Å². The zero-order valence-electron chi connectivity index (χ0n) is 8.63. The lowest BCUT2D eigenvalue weighted by atomic mass is 9.81. The molecular formula is C9H17NO3. The third kappa shape index (κ3) is 1.90. The molecule has 0 saturated carbocycles. The average Bonchev–Trinajstić information content (AvgIpc) is 1.79. The van der Waals surface area contributed by atoms with E-state index in [2.05, 4.69) is 4.99 Å². The second-order valence-corrected chi connectivity index (χ2v) is 4.89. The van der Waals surface area contributed by atoms with Gasteiger partial charge in [-0.3, -0.25) is 4.79 Å². The molecule has 1 aliphatic heterocycles. The largest absolute Gasteiger partial charge is 0.300 e. The van der Waals surface area contributed by atoms with E-state index in [0.29, 0.717) is 12.8 Å². The van der Waals surface area contributed by atoms with E-state index in [9.17, 15) is 4.79 Å². The average molecular weight is 187 g/mol. The molecule has 1 aliphatic rings. The highest BCUT2D eigenvalue weighted by atomic mass is 17.2. The monoisotopic (exact) mass is 187 g/mol. The minimum atomic E-state index is -0.437. The molecule has 0 bridgehead atoms. The molecule has 1 N–H and O–H groups in total. The Hall–Kier alpha value is -0.450. The van der Waals surface area contributed by atoms with E-state index in [1.165, 1.54) is 5.06 Å². The molecule has 4 nitrogen and oxygen atoms in total. The molecule has 1 fully saturated rings. The van der Waals surface area contributed by atoms with Crippen molar-refractivity contribution in [3.8, 4) is 0 Å². The van der Waals surface area contributed by atoms with Gasteiger partial charge in [-0.25, -0.2) is 5.26 Å². The van der Waals surface area contributed by atoms with E-state index in [4.69, 9.17) is 5.26 Å². The number of Topliss-reactive ketones (excluding diaryl/α,β-unsaturated/α-hetero) is 1. The summed E-state index contributed by atoms with van der Waals surface area (Å²) in [5.41, 5.74) is -0.874. The first-order valence-corrected chi connectivity index (χ1v) is 4.43. The number of hydroxylamine groups is 2. The van der Waals surface area contributed by atoms with Crippen LogP contribution in [0.5, 0.6) is 0 Å². The normalized spacial score (nSPS) is 27.6. The summed E-state index contributed by atoms with van der Waals surface area (Å²) in [6, 6.07) is 0. The molecule has 0 atom stereocenters. The van der Waals surface area contributed by atoms with E-state index < -0.39 is 11.1 Å². The van der Waals surface area contributed by atoms with Gasteiger partial charge in [-0.1, -0.05) is 0 Å². The molecule has 0 aromatic rings. The van der Waals surface area contributed by atoms with Crippen LogP contribution in [0.15, 0.2) is 0 Å². The molecule has 13 heavy (non-hydrogen) atoms. The lowest BCUT2D eigenvalue weighted by molar-refractivity contribution is -0.448. The Balaban J connectivity index is 2.94. The predicted octanol–water partition coefficient (Wildman–Crippen LogP) is 1.61. The van der Waals surface area contributed by atoms with Crippen molar-refractivity contribution >= 4 is 5.78 Å². The molecule has 1 heterocycles. The summed E-state index contributed by atoms with van der Waals surface area (Å²) in [4.78, 5) is 15.7. The number of rotatable bonds is 1. The van der Waals surface area contributed by atoms with Gasteiger partial charge in [-0.05, 0) is 27.7 Å². The maximum atomic E-state index is 11.4. The summed E-state index contributed by atoms with van der Waals surface area (Å²) in [5.74, 6) is 0.211. The van der Waals surface area contributed by atoms with Crippen LogP contribution in [0.2, 0.25) is 0 Å². The second-order valence-electron chi connectivity index (χ2n) is 4.89. The zero-order chi connectivity index (χ0) is 10.3. The third-order valence-electron chi connectivity index (χ3n) is 2.44. The van der Waals surface area contributed by atoms with Gasteiger partial charge in [0.1, 0.15) is 5.78 Å². The fraction of sp³-hybridized carbons (Fsp3) is 0.889. The summed E-state index contributed by atoms with van der Waals surface area (Å²) in [5, 5.41) is 10.3. The van der Waals surface area contributed by atoms with Gasteiger partial charge in [0.2, 0.25) is 0 Å². The molecule has 0 aromatic heterocycles. The zero-order valence-corrected chi connectivity index (χ0v) is 8.63. The number of hydrogen-bond donors (Lipinski definition) is 1. The lowest BCUT2D eigenvalue weighted by Gasteiger charge is -2.48. The van der Waals surface area contributed by atoms with Crippen LogP contribution in [-0.4, -0.2) is 27.2 Å². The fourth-order valence-corrected chi connectivity index (χ4v) is 2.21. The molecular weight excluding hydrogens is 170 g/mol. The SMILES string of the molecule is CC1(C)CC(=O)CC(C)(C)N1OO. The molecule has 76 valence electrons. The van der Waals surface area contributed by atoms with Crippen molar-refractivity contribution in [2.24, 2.45) is 0 Å². The van der Waals surface area contributed by atoms with E-state index >= 15 is 0 Å². The first-order chi connectivity index (χ1) is 5.79. The second kappa shape index (κ2) is 3.04. The van der Waals surface area contributed by atoms with Gasteiger partial charge in [0.25, 0.3) is 0 Å². The number of ketones is 1. The third-order valence-corrected chi connectivity index (χ3v) is 2.44. The topological polar surface area (TPSA) is 49.8 Å². The Bertz CT molecular complexity index is 203. The maximum absolute atomic E-state index is 11.4. The minimum Gasteiger partial charge on any atom is -0.300 e. The van der Waals surface area contributed by atoms with Crippen molar-refractivity contribution < 1.29 is 15.0 Å². The van der Waals surface area contributed by atoms with E-state index in [1.807, 2.05) is 27.7 Å². The number of carbonyl (C=O) groups excluding carboxylic acids is 1. The Morgan fingerprint density at radius 3 is 1.92 bits per heavy atom. The minimum absolute atomic E-state index is 0.211. The van der Waals surface area contributed by atoms with Gasteiger partial charge in [-0.2, -0.15) is 0 Å². The number of nitrogens with zero attached hydrogens (tertiary/aromatic N) is 1. The molecule has 1 rings (SSSR count). The van der Waals surface area contributed by atoms with Gasteiger partial charge in [0.15, 0.2) is 0 Å². The van der Waals surface area contributed by atoms with Crippen molar-refractivity contribution in [1.29, 1.82) is 0 Å². The Morgan fingerprint density at radius 2 is 1.62 bits per heavy atom. The molecule has 0 aromatic carbocycles. The Labute approximate surface area is 78.4 Å². The molecule has 0 radical (unpaired) electrons. The van der Waals surface area contributed by atoms with Crippen LogP contribution in [0.3, 0.4) is 0 Å². The van der Waals surface area contributed by atoms with Gasteiger partial charge in [-0.15, -0.1) is 10.1 Å². The van der Waals surface area contributed by atoms with Gasteiger partial charge < -0.3 is 0 Å². The number of piperidine rings is 1. The predicted molar refractivity (Wildman–Crippen MR) is 48.0 cm³/mol. The molecule has 0 aliphatic carbocycles.